The van der Waals surface area contributed by atoms with Crippen LogP contribution in [-0.4, -0.2) is 47.3 Å². The first-order valence-electron chi connectivity index (χ1n) is 6.82. The summed E-state index contributed by atoms with van der Waals surface area (Å²) in [4.78, 5) is 24.1. The van der Waals surface area contributed by atoms with Crippen LogP contribution in [0.2, 0.25) is 0 Å². The molecule has 21 heavy (non-hydrogen) atoms. The molecule has 1 aliphatic heterocycles. The third-order valence-corrected chi connectivity index (χ3v) is 3.97. The van der Waals surface area contributed by atoms with Gasteiger partial charge in [0.05, 0.1) is 5.92 Å². The van der Waals surface area contributed by atoms with Crippen molar-refractivity contribution >= 4 is 12.0 Å². The summed E-state index contributed by atoms with van der Waals surface area (Å²) < 4.78 is 37.4. The molecular weight excluding hydrogens is 289 g/mol. The van der Waals surface area contributed by atoms with Crippen molar-refractivity contribution in [1.82, 2.24) is 10.2 Å². The monoisotopic (exact) mass is 306 g/mol. The number of alkyl halides is 3. The van der Waals surface area contributed by atoms with E-state index in [1.54, 1.807) is 0 Å². The number of hydrogen-bond acceptors (Lipinski definition) is 2. The molecule has 2 aliphatic rings. The Labute approximate surface area is 119 Å². The van der Waals surface area contributed by atoms with E-state index < -0.39 is 29.7 Å². The highest BCUT2D eigenvalue weighted by molar-refractivity contribution is 5.75. The van der Waals surface area contributed by atoms with Crippen LogP contribution in [-0.2, 0) is 4.79 Å². The van der Waals surface area contributed by atoms with Gasteiger partial charge in [-0.15, -0.1) is 0 Å². The van der Waals surface area contributed by atoms with Crippen LogP contribution in [0.4, 0.5) is 18.0 Å². The second-order valence-corrected chi connectivity index (χ2v) is 5.42. The highest BCUT2D eigenvalue weighted by Gasteiger charge is 2.36. The van der Waals surface area contributed by atoms with Gasteiger partial charge in [0.1, 0.15) is 0 Å². The van der Waals surface area contributed by atoms with Crippen molar-refractivity contribution in [2.45, 2.75) is 37.9 Å². The van der Waals surface area contributed by atoms with E-state index in [2.05, 4.69) is 5.32 Å². The lowest BCUT2D eigenvalue weighted by Crippen LogP contribution is -2.46. The molecule has 0 radical (unpaired) electrons. The van der Waals surface area contributed by atoms with E-state index in [0.717, 1.165) is 6.08 Å². The van der Waals surface area contributed by atoms with E-state index in [9.17, 15) is 22.8 Å². The molecule has 2 atom stereocenters. The molecule has 0 unspecified atom stereocenters. The van der Waals surface area contributed by atoms with Crippen molar-refractivity contribution in [3.8, 4) is 0 Å². The molecule has 0 aromatic heterocycles. The molecule has 1 saturated carbocycles. The highest BCUT2D eigenvalue weighted by atomic mass is 19.4. The number of hydrogen-bond donors (Lipinski definition) is 2. The maximum atomic E-state index is 12.5. The molecule has 2 N–H and O–H groups in total. The fourth-order valence-corrected chi connectivity index (χ4v) is 2.71. The Morgan fingerprint density at radius 2 is 2.05 bits per heavy atom. The zero-order valence-electron chi connectivity index (χ0n) is 11.3. The third-order valence-electron chi connectivity index (χ3n) is 3.97. The number of carbonyl (C=O) groups is 2. The van der Waals surface area contributed by atoms with E-state index in [-0.39, 0.29) is 25.6 Å². The lowest BCUT2D eigenvalue weighted by atomic mass is 10.1. The minimum absolute atomic E-state index is 0.0201. The summed E-state index contributed by atoms with van der Waals surface area (Å²) in [5, 5.41) is 11.6. The van der Waals surface area contributed by atoms with Gasteiger partial charge in [-0.25, -0.2) is 4.79 Å². The van der Waals surface area contributed by atoms with E-state index in [1.807, 2.05) is 0 Å². The van der Waals surface area contributed by atoms with Gasteiger partial charge in [-0.1, -0.05) is 6.08 Å². The maximum Gasteiger partial charge on any atom is 0.412 e. The van der Waals surface area contributed by atoms with Gasteiger partial charge >= 0.3 is 18.2 Å². The Balaban J connectivity index is 1.83. The van der Waals surface area contributed by atoms with Crippen LogP contribution in [0.25, 0.3) is 0 Å². The lowest BCUT2D eigenvalue weighted by molar-refractivity contribution is -0.141. The van der Waals surface area contributed by atoms with Gasteiger partial charge in [0.2, 0.25) is 0 Å². The molecule has 118 valence electrons. The van der Waals surface area contributed by atoms with Crippen molar-refractivity contribution < 1.29 is 27.9 Å². The molecule has 1 fully saturated rings. The molecule has 1 heterocycles. The van der Waals surface area contributed by atoms with Crippen molar-refractivity contribution in [2.75, 3.05) is 13.1 Å². The maximum absolute atomic E-state index is 12.5. The zero-order chi connectivity index (χ0) is 15.6. The summed E-state index contributed by atoms with van der Waals surface area (Å²) >= 11 is 0. The largest absolute Gasteiger partial charge is 0.481 e. The Kier molecular flexibility index (Phi) is 4.43. The van der Waals surface area contributed by atoms with Crippen molar-refractivity contribution in [3.05, 3.63) is 11.6 Å². The van der Waals surface area contributed by atoms with Crippen molar-refractivity contribution in [1.29, 1.82) is 0 Å². The molecule has 0 bridgehead atoms. The SMILES string of the molecule is O=C(O)[C@@H]1CC[C@H](NC(=O)N2CC=C(C(F)(F)F)CC2)C1. The number of carboxylic acid groups (broad SMARTS) is 1. The first-order chi connectivity index (χ1) is 9.77. The van der Waals surface area contributed by atoms with Gasteiger partial charge in [-0.3, -0.25) is 4.79 Å². The van der Waals surface area contributed by atoms with E-state index in [1.165, 1.54) is 4.90 Å². The summed E-state index contributed by atoms with van der Waals surface area (Å²) in [5.41, 5.74) is -0.599. The second-order valence-electron chi connectivity index (χ2n) is 5.42. The summed E-state index contributed by atoms with van der Waals surface area (Å²) in [7, 11) is 0. The van der Waals surface area contributed by atoms with Gasteiger partial charge in [0.25, 0.3) is 0 Å². The number of urea groups is 1. The van der Waals surface area contributed by atoms with E-state index in [0.29, 0.717) is 19.3 Å². The fraction of sp³-hybridized carbons (Fsp3) is 0.692. The highest BCUT2D eigenvalue weighted by Crippen LogP contribution is 2.30. The first-order valence-corrected chi connectivity index (χ1v) is 6.82. The molecular formula is C13H17F3N2O3. The Morgan fingerprint density at radius 1 is 1.33 bits per heavy atom. The quantitative estimate of drug-likeness (QED) is 0.768. The van der Waals surface area contributed by atoms with Crippen LogP contribution in [0.5, 0.6) is 0 Å². The van der Waals surface area contributed by atoms with E-state index in [4.69, 9.17) is 5.11 Å². The van der Waals surface area contributed by atoms with E-state index >= 15 is 0 Å². The molecule has 0 aromatic carbocycles. The predicted molar refractivity (Wildman–Crippen MR) is 67.6 cm³/mol. The first kappa shape index (κ1) is 15.7. The third kappa shape index (κ3) is 3.89. The molecule has 0 aromatic rings. The number of nitrogens with zero attached hydrogens (tertiary/aromatic N) is 1. The average molecular weight is 306 g/mol. The van der Waals surface area contributed by atoms with Gasteiger partial charge in [0.15, 0.2) is 0 Å². The molecule has 0 spiro atoms. The molecule has 2 amide bonds. The number of rotatable bonds is 2. The second kappa shape index (κ2) is 5.95. The van der Waals surface area contributed by atoms with Crippen LogP contribution in [0.15, 0.2) is 11.6 Å². The number of amides is 2. The van der Waals surface area contributed by atoms with Crippen LogP contribution in [0, 0.1) is 5.92 Å². The van der Waals surface area contributed by atoms with Crippen LogP contribution in [0.1, 0.15) is 25.7 Å². The smallest absolute Gasteiger partial charge is 0.412 e. The minimum atomic E-state index is -4.33. The van der Waals surface area contributed by atoms with Crippen LogP contribution in [0.3, 0.4) is 0 Å². The van der Waals surface area contributed by atoms with Gasteiger partial charge < -0.3 is 15.3 Å². The Hall–Kier alpha value is -1.73. The summed E-state index contributed by atoms with van der Waals surface area (Å²) in [6.45, 7) is -0.0536. The van der Waals surface area contributed by atoms with Gasteiger partial charge in [-0.2, -0.15) is 13.2 Å². The molecule has 2 rings (SSSR count). The van der Waals surface area contributed by atoms with Crippen molar-refractivity contribution in [2.24, 2.45) is 5.92 Å². The molecule has 0 saturated heterocycles. The fourth-order valence-electron chi connectivity index (χ4n) is 2.71. The number of carbonyl (C=O) groups excluding carboxylic acids is 1. The number of carboxylic acids is 1. The Morgan fingerprint density at radius 3 is 2.52 bits per heavy atom. The molecule has 8 heteroatoms. The van der Waals surface area contributed by atoms with Crippen LogP contribution >= 0.6 is 0 Å². The van der Waals surface area contributed by atoms with Gasteiger partial charge in [0, 0.05) is 24.7 Å². The Bertz CT molecular complexity index is 462. The topological polar surface area (TPSA) is 69.6 Å². The summed E-state index contributed by atoms with van der Waals surface area (Å²) in [6.07, 6.45) is -2.04. The van der Waals surface area contributed by atoms with Crippen LogP contribution < -0.4 is 5.32 Å². The lowest BCUT2D eigenvalue weighted by Gasteiger charge is -2.28. The summed E-state index contributed by atoms with van der Waals surface area (Å²) in [5.74, 6) is -1.32. The zero-order valence-corrected chi connectivity index (χ0v) is 11.3. The molecule has 5 nitrogen and oxygen atoms in total. The van der Waals surface area contributed by atoms with Crippen molar-refractivity contribution in [3.63, 3.8) is 0 Å². The number of nitrogens with one attached hydrogen (secondary N) is 1. The average Bonchev–Trinajstić information content (AvgIpc) is 2.86. The van der Waals surface area contributed by atoms with Gasteiger partial charge in [-0.05, 0) is 25.7 Å². The number of halogens is 3. The predicted octanol–water partition coefficient (Wildman–Crippen LogP) is 2.14. The molecule has 1 aliphatic carbocycles. The minimum Gasteiger partial charge on any atom is -0.481 e. The summed E-state index contributed by atoms with van der Waals surface area (Å²) in [6, 6.07) is -0.643. The number of aliphatic carboxylic acids is 1. The standard InChI is InChI=1S/C13H17F3N2O3/c14-13(15,16)9-3-5-18(6-4-9)12(21)17-10-2-1-8(7-10)11(19)20/h3,8,10H,1-2,4-7H2,(H,17,21)(H,19,20)/t8-,10+/m1/s1. The normalized spacial score (nSPS) is 26.4.